The van der Waals surface area contributed by atoms with E-state index in [1.807, 2.05) is 0 Å². The summed E-state index contributed by atoms with van der Waals surface area (Å²) < 4.78 is 5.29. The quantitative estimate of drug-likeness (QED) is 0.610. The van der Waals surface area contributed by atoms with Crippen molar-refractivity contribution in [3.63, 3.8) is 0 Å². The lowest BCUT2D eigenvalue weighted by atomic mass is 10.0. The van der Waals surface area contributed by atoms with Gasteiger partial charge in [-0.2, -0.15) is 0 Å². The Kier molecular flexibility index (Phi) is 3.30. The van der Waals surface area contributed by atoms with Gasteiger partial charge in [0.25, 0.3) is 0 Å². The molecule has 1 aliphatic heterocycles. The Morgan fingerprint density at radius 3 is 2.55 bits per heavy atom. The third kappa shape index (κ3) is 2.43. The fourth-order valence-electron chi connectivity index (χ4n) is 1.35. The smallest absolute Gasteiger partial charge is 0.106 e. The minimum atomic E-state index is -0.713. The number of aliphatic hydroxyl groups excluding tert-OH is 2. The second-order valence-corrected chi connectivity index (χ2v) is 3.14. The molecule has 1 saturated heterocycles. The van der Waals surface area contributed by atoms with E-state index < -0.39 is 12.2 Å². The van der Waals surface area contributed by atoms with E-state index in [-0.39, 0.29) is 6.10 Å². The van der Waals surface area contributed by atoms with Gasteiger partial charge < -0.3 is 14.9 Å². The highest BCUT2D eigenvalue weighted by atomic mass is 16.5. The van der Waals surface area contributed by atoms with E-state index in [2.05, 4.69) is 0 Å². The molecule has 3 heteroatoms. The van der Waals surface area contributed by atoms with Gasteiger partial charge in [-0.1, -0.05) is 0 Å². The molecule has 1 fully saturated rings. The predicted molar refractivity (Wildman–Crippen MR) is 41.3 cm³/mol. The maximum atomic E-state index is 9.38. The highest BCUT2D eigenvalue weighted by molar-refractivity contribution is 4.75. The largest absolute Gasteiger partial charge is 0.391 e. The fourth-order valence-corrected chi connectivity index (χ4v) is 1.35. The third-order valence-electron chi connectivity index (χ3n) is 2.09. The molecule has 0 aromatic carbocycles. The molecule has 0 aromatic rings. The van der Waals surface area contributed by atoms with Crippen LogP contribution in [0.4, 0.5) is 0 Å². The summed E-state index contributed by atoms with van der Waals surface area (Å²) in [5.74, 6) is 0. The fraction of sp³-hybridized carbons (Fsp3) is 1.00. The second kappa shape index (κ2) is 4.04. The van der Waals surface area contributed by atoms with Crippen LogP contribution in [0.2, 0.25) is 0 Å². The first-order valence-corrected chi connectivity index (χ1v) is 4.19. The molecule has 3 nitrogen and oxygen atoms in total. The maximum Gasteiger partial charge on any atom is 0.106 e. The molecule has 0 bridgehead atoms. The van der Waals surface area contributed by atoms with Crippen molar-refractivity contribution >= 4 is 0 Å². The second-order valence-electron chi connectivity index (χ2n) is 3.14. The van der Waals surface area contributed by atoms with E-state index in [9.17, 15) is 5.11 Å². The average Bonchev–Trinajstić information content (AvgIpc) is 2.05. The van der Waals surface area contributed by atoms with Gasteiger partial charge in [-0.15, -0.1) is 0 Å². The van der Waals surface area contributed by atoms with Crippen LogP contribution in [0.1, 0.15) is 26.2 Å². The van der Waals surface area contributed by atoms with Gasteiger partial charge in [0.2, 0.25) is 0 Å². The molecule has 66 valence electrons. The summed E-state index contributed by atoms with van der Waals surface area (Å²) >= 11 is 0. The third-order valence-corrected chi connectivity index (χ3v) is 2.09. The standard InChI is InChI=1S/C8H16O3/c1-6(9)8(10)7-4-2-3-5-11-7/h6-10H,2-5H2,1H3. The first-order chi connectivity index (χ1) is 5.22. The van der Waals surface area contributed by atoms with E-state index in [4.69, 9.17) is 9.84 Å². The zero-order chi connectivity index (χ0) is 8.27. The van der Waals surface area contributed by atoms with Crippen molar-refractivity contribution in [3.8, 4) is 0 Å². The lowest BCUT2D eigenvalue weighted by Gasteiger charge is -2.28. The van der Waals surface area contributed by atoms with E-state index >= 15 is 0 Å². The maximum absolute atomic E-state index is 9.38. The van der Waals surface area contributed by atoms with Crippen molar-refractivity contribution in [2.45, 2.75) is 44.5 Å². The van der Waals surface area contributed by atoms with Crippen molar-refractivity contribution in [2.75, 3.05) is 6.61 Å². The zero-order valence-corrected chi connectivity index (χ0v) is 6.86. The van der Waals surface area contributed by atoms with E-state index in [1.54, 1.807) is 6.92 Å². The first kappa shape index (κ1) is 8.97. The summed E-state index contributed by atoms with van der Waals surface area (Å²) in [4.78, 5) is 0. The Labute approximate surface area is 67.0 Å². The predicted octanol–water partition coefficient (Wildman–Crippen LogP) is 0.297. The number of aliphatic hydroxyl groups is 2. The van der Waals surface area contributed by atoms with Gasteiger partial charge in [0, 0.05) is 6.61 Å². The summed E-state index contributed by atoms with van der Waals surface area (Å²) in [6, 6.07) is 0. The monoisotopic (exact) mass is 160 g/mol. The van der Waals surface area contributed by atoms with Crippen molar-refractivity contribution in [3.05, 3.63) is 0 Å². The summed E-state index contributed by atoms with van der Waals surface area (Å²) in [6.07, 6.45) is 1.49. The number of hydrogen-bond acceptors (Lipinski definition) is 3. The number of ether oxygens (including phenoxy) is 1. The SMILES string of the molecule is CC(O)C(O)C1CCCCO1. The van der Waals surface area contributed by atoms with Crippen LogP contribution in [0.3, 0.4) is 0 Å². The van der Waals surface area contributed by atoms with E-state index in [0.717, 1.165) is 19.3 Å². The minimum Gasteiger partial charge on any atom is -0.391 e. The highest BCUT2D eigenvalue weighted by Gasteiger charge is 2.25. The lowest BCUT2D eigenvalue weighted by Crippen LogP contribution is -2.39. The van der Waals surface area contributed by atoms with Crippen LogP contribution in [0.25, 0.3) is 0 Å². The van der Waals surface area contributed by atoms with Gasteiger partial charge >= 0.3 is 0 Å². The van der Waals surface area contributed by atoms with Crippen LogP contribution in [0, 0.1) is 0 Å². The van der Waals surface area contributed by atoms with E-state index in [0.29, 0.717) is 6.61 Å². The molecule has 0 radical (unpaired) electrons. The summed E-state index contributed by atoms with van der Waals surface area (Å²) in [5.41, 5.74) is 0. The van der Waals surface area contributed by atoms with Crippen molar-refractivity contribution in [1.82, 2.24) is 0 Å². The summed E-state index contributed by atoms with van der Waals surface area (Å²) in [5, 5.41) is 18.4. The topological polar surface area (TPSA) is 49.7 Å². The molecule has 1 heterocycles. The molecule has 3 unspecified atom stereocenters. The van der Waals surface area contributed by atoms with Gasteiger partial charge in [-0.3, -0.25) is 0 Å². The molecular weight excluding hydrogens is 144 g/mol. The van der Waals surface area contributed by atoms with E-state index in [1.165, 1.54) is 0 Å². The summed E-state index contributed by atoms with van der Waals surface area (Å²) in [7, 11) is 0. The van der Waals surface area contributed by atoms with Gasteiger partial charge in [0.15, 0.2) is 0 Å². The first-order valence-electron chi connectivity index (χ1n) is 4.19. The zero-order valence-electron chi connectivity index (χ0n) is 6.86. The Bertz CT molecular complexity index is 108. The van der Waals surface area contributed by atoms with Crippen molar-refractivity contribution in [2.24, 2.45) is 0 Å². The molecule has 1 aliphatic rings. The minimum absolute atomic E-state index is 0.149. The Hall–Kier alpha value is -0.120. The van der Waals surface area contributed by atoms with Crippen LogP contribution >= 0.6 is 0 Å². The summed E-state index contributed by atoms with van der Waals surface area (Å²) in [6.45, 7) is 2.30. The Morgan fingerprint density at radius 1 is 1.36 bits per heavy atom. The van der Waals surface area contributed by atoms with Crippen molar-refractivity contribution < 1.29 is 14.9 Å². The molecule has 0 spiro atoms. The molecule has 0 saturated carbocycles. The van der Waals surface area contributed by atoms with Crippen LogP contribution in [-0.2, 0) is 4.74 Å². The number of rotatable bonds is 2. The number of hydrogen-bond donors (Lipinski definition) is 2. The normalized spacial score (nSPS) is 31.4. The Balaban J connectivity index is 2.32. The van der Waals surface area contributed by atoms with Crippen LogP contribution in [0.5, 0.6) is 0 Å². The highest BCUT2D eigenvalue weighted by Crippen LogP contribution is 2.17. The molecule has 0 amide bonds. The average molecular weight is 160 g/mol. The van der Waals surface area contributed by atoms with Gasteiger partial charge in [-0.25, -0.2) is 0 Å². The molecular formula is C8H16O3. The van der Waals surface area contributed by atoms with Gasteiger partial charge in [-0.05, 0) is 26.2 Å². The van der Waals surface area contributed by atoms with Gasteiger partial charge in [0.05, 0.1) is 12.2 Å². The molecule has 3 atom stereocenters. The van der Waals surface area contributed by atoms with Crippen LogP contribution < -0.4 is 0 Å². The Morgan fingerprint density at radius 2 is 2.09 bits per heavy atom. The lowest BCUT2D eigenvalue weighted by molar-refractivity contribution is -0.101. The van der Waals surface area contributed by atoms with Gasteiger partial charge in [0.1, 0.15) is 6.10 Å². The van der Waals surface area contributed by atoms with Crippen LogP contribution in [-0.4, -0.2) is 35.1 Å². The van der Waals surface area contributed by atoms with Crippen molar-refractivity contribution in [1.29, 1.82) is 0 Å². The molecule has 2 N–H and O–H groups in total. The van der Waals surface area contributed by atoms with Crippen LogP contribution in [0.15, 0.2) is 0 Å². The molecule has 1 rings (SSSR count). The molecule has 0 aromatic heterocycles. The molecule has 0 aliphatic carbocycles. The molecule has 11 heavy (non-hydrogen) atoms.